The van der Waals surface area contributed by atoms with E-state index in [1.807, 2.05) is 36.4 Å². The number of phenolic OH excluding ortho intramolecular Hbond substituents is 1. The Labute approximate surface area is 125 Å². The number of nitrogens with zero attached hydrogens (tertiary/aromatic N) is 1. The van der Waals surface area contributed by atoms with Crippen LogP contribution < -0.4 is 4.90 Å². The smallest absolute Gasteiger partial charge is 0.121 e. The molecule has 0 amide bonds. The van der Waals surface area contributed by atoms with Crippen LogP contribution in [0.3, 0.4) is 0 Å². The highest BCUT2D eigenvalue weighted by Crippen LogP contribution is 2.29. The molecule has 0 bridgehead atoms. The number of aromatic hydroxyl groups is 1. The summed E-state index contributed by atoms with van der Waals surface area (Å²) in [5, 5.41) is 12.6. The van der Waals surface area contributed by atoms with Crippen LogP contribution in [0.1, 0.15) is 12.5 Å². The predicted molar refractivity (Wildman–Crippen MR) is 88.8 cm³/mol. The molecule has 106 valence electrons. The van der Waals surface area contributed by atoms with Gasteiger partial charge in [0.25, 0.3) is 0 Å². The number of benzene rings is 3. The normalized spacial score (nSPS) is 10.7. The van der Waals surface area contributed by atoms with Crippen LogP contribution >= 0.6 is 0 Å². The van der Waals surface area contributed by atoms with Gasteiger partial charge in [0, 0.05) is 24.3 Å². The molecular formula is C19H19NO. The molecule has 0 aromatic heterocycles. The molecule has 3 aromatic carbocycles. The van der Waals surface area contributed by atoms with E-state index in [4.69, 9.17) is 0 Å². The zero-order valence-corrected chi connectivity index (χ0v) is 12.2. The van der Waals surface area contributed by atoms with Crippen LogP contribution in [0.2, 0.25) is 0 Å². The van der Waals surface area contributed by atoms with Crippen molar-refractivity contribution >= 4 is 16.5 Å². The highest BCUT2D eigenvalue weighted by atomic mass is 16.3. The second-order valence-electron chi connectivity index (χ2n) is 5.13. The van der Waals surface area contributed by atoms with Gasteiger partial charge in [-0.15, -0.1) is 0 Å². The Hall–Kier alpha value is -2.48. The zero-order valence-electron chi connectivity index (χ0n) is 12.2. The minimum atomic E-state index is 0.364. The van der Waals surface area contributed by atoms with Gasteiger partial charge in [-0.2, -0.15) is 0 Å². The number of rotatable bonds is 4. The van der Waals surface area contributed by atoms with E-state index < -0.39 is 0 Å². The summed E-state index contributed by atoms with van der Waals surface area (Å²) in [7, 11) is 0. The first kappa shape index (κ1) is 13.5. The molecule has 0 aliphatic carbocycles. The van der Waals surface area contributed by atoms with Gasteiger partial charge in [0.1, 0.15) is 5.75 Å². The minimum absolute atomic E-state index is 0.364. The van der Waals surface area contributed by atoms with Crippen LogP contribution in [0, 0.1) is 0 Å². The molecule has 0 atom stereocenters. The summed E-state index contributed by atoms with van der Waals surface area (Å²) < 4.78 is 0. The van der Waals surface area contributed by atoms with E-state index in [-0.39, 0.29) is 0 Å². The second kappa shape index (κ2) is 5.88. The van der Waals surface area contributed by atoms with Crippen molar-refractivity contribution in [2.24, 2.45) is 0 Å². The van der Waals surface area contributed by atoms with Gasteiger partial charge >= 0.3 is 0 Å². The number of fused-ring (bicyclic) bond motifs is 1. The zero-order chi connectivity index (χ0) is 14.7. The fourth-order valence-corrected chi connectivity index (χ4v) is 2.71. The third kappa shape index (κ3) is 2.70. The molecule has 2 heteroatoms. The number of phenols is 1. The van der Waals surface area contributed by atoms with Crippen molar-refractivity contribution in [3.05, 3.63) is 72.3 Å². The average Bonchev–Trinajstić information content (AvgIpc) is 2.55. The Morgan fingerprint density at radius 2 is 1.57 bits per heavy atom. The minimum Gasteiger partial charge on any atom is -0.508 e. The number of hydrogen-bond acceptors (Lipinski definition) is 2. The molecule has 0 heterocycles. The fraction of sp³-hybridized carbons (Fsp3) is 0.158. The molecule has 0 spiro atoms. The molecule has 3 rings (SSSR count). The molecular weight excluding hydrogens is 258 g/mol. The van der Waals surface area contributed by atoms with Crippen LogP contribution in [0.25, 0.3) is 10.8 Å². The Morgan fingerprint density at radius 3 is 2.33 bits per heavy atom. The monoisotopic (exact) mass is 277 g/mol. The first-order valence-corrected chi connectivity index (χ1v) is 7.29. The molecule has 0 saturated carbocycles. The predicted octanol–water partition coefficient (Wildman–Crippen LogP) is 4.57. The third-order valence-corrected chi connectivity index (χ3v) is 3.87. The van der Waals surface area contributed by atoms with Gasteiger partial charge in [-0.25, -0.2) is 0 Å². The average molecular weight is 277 g/mol. The van der Waals surface area contributed by atoms with Gasteiger partial charge in [-0.3, -0.25) is 0 Å². The lowest BCUT2D eigenvalue weighted by Crippen LogP contribution is -2.22. The van der Waals surface area contributed by atoms with Crippen molar-refractivity contribution in [2.45, 2.75) is 13.5 Å². The van der Waals surface area contributed by atoms with Crippen LogP contribution in [-0.4, -0.2) is 11.7 Å². The van der Waals surface area contributed by atoms with Crippen LogP contribution in [0.5, 0.6) is 5.75 Å². The van der Waals surface area contributed by atoms with Gasteiger partial charge < -0.3 is 10.0 Å². The highest BCUT2D eigenvalue weighted by molar-refractivity contribution is 5.87. The first-order chi connectivity index (χ1) is 10.3. The van der Waals surface area contributed by atoms with E-state index in [9.17, 15) is 5.11 Å². The molecule has 1 N–H and O–H groups in total. The van der Waals surface area contributed by atoms with E-state index in [0.717, 1.165) is 22.9 Å². The third-order valence-electron chi connectivity index (χ3n) is 3.87. The maximum atomic E-state index is 10.3. The summed E-state index contributed by atoms with van der Waals surface area (Å²) in [4.78, 5) is 2.27. The molecule has 21 heavy (non-hydrogen) atoms. The topological polar surface area (TPSA) is 23.5 Å². The molecule has 0 unspecified atom stereocenters. The fourth-order valence-electron chi connectivity index (χ4n) is 2.71. The summed E-state index contributed by atoms with van der Waals surface area (Å²) in [5.41, 5.74) is 2.16. The molecule has 3 aromatic rings. The van der Waals surface area contributed by atoms with Crippen LogP contribution in [0.15, 0.2) is 66.7 Å². The summed E-state index contributed by atoms with van der Waals surface area (Å²) >= 11 is 0. The first-order valence-electron chi connectivity index (χ1n) is 7.29. The Balaban J connectivity index is 2.02. The van der Waals surface area contributed by atoms with Crippen molar-refractivity contribution in [2.75, 3.05) is 11.4 Å². The highest BCUT2D eigenvalue weighted by Gasteiger charge is 2.11. The maximum Gasteiger partial charge on any atom is 0.121 e. The van der Waals surface area contributed by atoms with Gasteiger partial charge in [0.15, 0.2) is 0 Å². The number of anilines is 1. The van der Waals surface area contributed by atoms with Gasteiger partial charge in [-0.05, 0) is 35.9 Å². The second-order valence-corrected chi connectivity index (χ2v) is 5.13. The van der Waals surface area contributed by atoms with E-state index in [1.165, 1.54) is 5.69 Å². The Kier molecular flexibility index (Phi) is 3.78. The largest absolute Gasteiger partial charge is 0.508 e. The standard InChI is InChI=1S/C19H19NO/c1-2-20(16-9-4-3-5-10-16)14-18-17-11-7-6-8-15(17)12-13-19(18)21/h3-13,21H,2,14H2,1H3. The van der Waals surface area contributed by atoms with E-state index in [2.05, 4.69) is 36.1 Å². The Bertz CT molecular complexity index is 737. The molecule has 0 aliphatic heterocycles. The molecule has 0 aliphatic rings. The summed E-state index contributed by atoms with van der Waals surface area (Å²) in [6.07, 6.45) is 0. The van der Waals surface area contributed by atoms with Gasteiger partial charge in [-0.1, -0.05) is 48.5 Å². The lowest BCUT2D eigenvalue weighted by atomic mass is 10.0. The maximum absolute atomic E-state index is 10.3. The van der Waals surface area contributed by atoms with Crippen molar-refractivity contribution in [3.8, 4) is 5.75 Å². The van der Waals surface area contributed by atoms with Gasteiger partial charge in [0.2, 0.25) is 0 Å². The lowest BCUT2D eigenvalue weighted by molar-refractivity contribution is 0.468. The molecule has 0 radical (unpaired) electrons. The van der Waals surface area contributed by atoms with Crippen molar-refractivity contribution in [3.63, 3.8) is 0 Å². The molecule has 0 saturated heterocycles. The van der Waals surface area contributed by atoms with E-state index in [1.54, 1.807) is 6.07 Å². The summed E-state index contributed by atoms with van der Waals surface area (Å²) in [6.45, 7) is 3.73. The van der Waals surface area contributed by atoms with Crippen molar-refractivity contribution < 1.29 is 5.11 Å². The SMILES string of the molecule is CCN(Cc1c(O)ccc2ccccc12)c1ccccc1. The quantitative estimate of drug-likeness (QED) is 0.755. The van der Waals surface area contributed by atoms with Crippen molar-refractivity contribution in [1.82, 2.24) is 0 Å². The number of para-hydroxylation sites is 1. The molecule has 0 fully saturated rings. The Morgan fingerprint density at radius 1 is 0.857 bits per heavy atom. The van der Waals surface area contributed by atoms with Crippen molar-refractivity contribution in [1.29, 1.82) is 0 Å². The van der Waals surface area contributed by atoms with E-state index in [0.29, 0.717) is 12.3 Å². The summed E-state index contributed by atoms with van der Waals surface area (Å²) in [5.74, 6) is 0.364. The summed E-state index contributed by atoms with van der Waals surface area (Å²) in [6, 6.07) is 22.3. The van der Waals surface area contributed by atoms with Crippen LogP contribution in [0.4, 0.5) is 5.69 Å². The molecule has 2 nitrogen and oxygen atoms in total. The lowest BCUT2D eigenvalue weighted by Gasteiger charge is -2.24. The number of hydrogen-bond donors (Lipinski definition) is 1. The van der Waals surface area contributed by atoms with E-state index >= 15 is 0 Å². The van der Waals surface area contributed by atoms with Gasteiger partial charge in [0.05, 0.1) is 0 Å². The van der Waals surface area contributed by atoms with Crippen LogP contribution in [-0.2, 0) is 6.54 Å².